The minimum atomic E-state index is -0.0317. The van der Waals surface area contributed by atoms with E-state index in [0.717, 1.165) is 50.9 Å². The third-order valence-corrected chi connectivity index (χ3v) is 5.57. The molecule has 2 aliphatic heterocycles. The molecule has 2 atom stereocenters. The number of hydrogen-bond donors (Lipinski definition) is 2. The van der Waals surface area contributed by atoms with Crippen molar-refractivity contribution in [1.82, 2.24) is 15.5 Å². The van der Waals surface area contributed by atoms with Gasteiger partial charge in [0.05, 0.1) is 6.04 Å². The summed E-state index contributed by atoms with van der Waals surface area (Å²) >= 11 is 0. The minimum absolute atomic E-state index is 0.0317. The van der Waals surface area contributed by atoms with E-state index >= 15 is 0 Å². The highest BCUT2D eigenvalue weighted by Gasteiger charge is 2.26. The number of nitrogens with one attached hydrogen (secondary N) is 2. The predicted molar refractivity (Wildman–Crippen MR) is 103 cm³/mol. The van der Waals surface area contributed by atoms with Crippen LogP contribution in [0.15, 0.2) is 24.3 Å². The molecule has 2 N–H and O–H groups in total. The SMILES string of the molecule is CC(C)c1ccc(C(=O)N2CCCC(CNC(=O)C3CCCN3)C2)cc1. The first kappa shape index (κ1) is 18.9. The van der Waals surface area contributed by atoms with Crippen molar-refractivity contribution in [3.8, 4) is 0 Å². The average molecular weight is 357 g/mol. The van der Waals surface area contributed by atoms with Crippen molar-refractivity contribution in [1.29, 1.82) is 0 Å². The summed E-state index contributed by atoms with van der Waals surface area (Å²) in [5, 5.41) is 6.30. The summed E-state index contributed by atoms with van der Waals surface area (Å²) < 4.78 is 0. The Morgan fingerprint density at radius 1 is 1.19 bits per heavy atom. The molecule has 2 amide bonds. The van der Waals surface area contributed by atoms with Gasteiger partial charge in [0, 0.05) is 25.2 Å². The van der Waals surface area contributed by atoms with Gasteiger partial charge in [-0.25, -0.2) is 0 Å². The number of piperidine rings is 1. The Balaban J connectivity index is 1.52. The highest BCUT2D eigenvalue weighted by molar-refractivity contribution is 5.94. The van der Waals surface area contributed by atoms with Gasteiger partial charge in [-0.2, -0.15) is 0 Å². The van der Waals surface area contributed by atoms with Crippen molar-refractivity contribution in [2.24, 2.45) is 5.92 Å². The smallest absolute Gasteiger partial charge is 0.253 e. The van der Waals surface area contributed by atoms with Gasteiger partial charge in [0.15, 0.2) is 0 Å². The molecule has 0 aromatic heterocycles. The highest BCUT2D eigenvalue weighted by Crippen LogP contribution is 2.20. The highest BCUT2D eigenvalue weighted by atomic mass is 16.2. The zero-order valence-electron chi connectivity index (χ0n) is 16.0. The average Bonchev–Trinajstić information content (AvgIpc) is 3.21. The molecule has 1 aromatic rings. The van der Waals surface area contributed by atoms with Gasteiger partial charge in [-0.3, -0.25) is 9.59 Å². The van der Waals surface area contributed by atoms with Gasteiger partial charge in [0.2, 0.25) is 5.91 Å². The topological polar surface area (TPSA) is 61.4 Å². The van der Waals surface area contributed by atoms with E-state index in [1.165, 1.54) is 5.56 Å². The van der Waals surface area contributed by atoms with Crippen LogP contribution in [-0.4, -0.2) is 48.9 Å². The van der Waals surface area contributed by atoms with Crippen molar-refractivity contribution in [2.45, 2.75) is 51.5 Å². The van der Waals surface area contributed by atoms with E-state index in [-0.39, 0.29) is 17.9 Å². The van der Waals surface area contributed by atoms with Crippen LogP contribution in [0.1, 0.15) is 61.4 Å². The van der Waals surface area contributed by atoms with Crippen molar-refractivity contribution >= 4 is 11.8 Å². The molecule has 0 aliphatic carbocycles. The third kappa shape index (κ3) is 4.64. The fraction of sp³-hybridized carbons (Fsp3) is 0.619. The number of rotatable bonds is 5. The van der Waals surface area contributed by atoms with Crippen molar-refractivity contribution in [3.63, 3.8) is 0 Å². The Hall–Kier alpha value is -1.88. The summed E-state index contributed by atoms with van der Waals surface area (Å²) in [6.45, 7) is 7.43. The molecule has 0 saturated carbocycles. The van der Waals surface area contributed by atoms with E-state index < -0.39 is 0 Å². The van der Waals surface area contributed by atoms with Gasteiger partial charge in [-0.05, 0) is 61.8 Å². The molecule has 2 saturated heterocycles. The van der Waals surface area contributed by atoms with Gasteiger partial charge in [0.25, 0.3) is 5.91 Å². The fourth-order valence-electron chi connectivity index (χ4n) is 3.89. The summed E-state index contributed by atoms with van der Waals surface area (Å²) in [7, 11) is 0. The second-order valence-electron chi connectivity index (χ2n) is 7.93. The number of hydrogen-bond acceptors (Lipinski definition) is 3. The Morgan fingerprint density at radius 3 is 2.62 bits per heavy atom. The van der Waals surface area contributed by atoms with E-state index in [9.17, 15) is 9.59 Å². The van der Waals surface area contributed by atoms with Gasteiger partial charge >= 0.3 is 0 Å². The molecule has 2 aliphatic rings. The van der Waals surface area contributed by atoms with Crippen LogP contribution < -0.4 is 10.6 Å². The zero-order valence-corrected chi connectivity index (χ0v) is 16.0. The van der Waals surface area contributed by atoms with Gasteiger partial charge < -0.3 is 15.5 Å². The molecule has 26 heavy (non-hydrogen) atoms. The molecule has 5 heteroatoms. The standard InChI is InChI=1S/C21H31N3O2/c1-15(2)17-7-9-18(10-8-17)21(26)24-12-4-5-16(14-24)13-23-20(25)19-6-3-11-22-19/h7-10,15-16,19,22H,3-6,11-14H2,1-2H3,(H,23,25). The molecule has 2 unspecified atom stereocenters. The Labute approximate surface area is 156 Å². The quantitative estimate of drug-likeness (QED) is 0.851. The maximum absolute atomic E-state index is 12.8. The predicted octanol–water partition coefficient (Wildman–Crippen LogP) is 2.53. The van der Waals surface area contributed by atoms with E-state index in [1.54, 1.807) is 0 Å². The van der Waals surface area contributed by atoms with Gasteiger partial charge in [-0.15, -0.1) is 0 Å². The lowest BCUT2D eigenvalue weighted by Crippen LogP contribution is -2.46. The number of nitrogens with zero attached hydrogens (tertiary/aromatic N) is 1. The minimum Gasteiger partial charge on any atom is -0.354 e. The van der Waals surface area contributed by atoms with Crippen molar-refractivity contribution in [3.05, 3.63) is 35.4 Å². The van der Waals surface area contributed by atoms with E-state index in [1.807, 2.05) is 29.2 Å². The van der Waals surface area contributed by atoms with Crippen LogP contribution in [0.25, 0.3) is 0 Å². The second-order valence-corrected chi connectivity index (χ2v) is 7.93. The lowest BCUT2D eigenvalue weighted by molar-refractivity contribution is -0.123. The first-order valence-electron chi connectivity index (χ1n) is 9.95. The summed E-state index contributed by atoms with van der Waals surface area (Å²) in [5.41, 5.74) is 2.01. The Kier molecular flexibility index (Phi) is 6.30. The van der Waals surface area contributed by atoms with Crippen LogP contribution in [0.3, 0.4) is 0 Å². The van der Waals surface area contributed by atoms with Crippen molar-refractivity contribution in [2.75, 3.05) is 26.2 Å². The molecular formula is C21H31N3O2. The van der Waals surface area contributed by atoms with E-state index in [0.29, 0.717) is 18.4 Å². The fourth-order valence-corrected chi connectivity index (χ4v) is 3.89. The molecule has 2 heterocycles. The molecule has 3 rings (SSSR count). The van der Waals surface area contributed by atoms with Crippen LogP contribution in [0.5, 0.6) is 0 Å². The van der Waals surface area contributed by atoms with Crippen LogP contribution in [0.2, 0.25) is 0 Å². The maximum Gasteiger partial charge on any atom is 0.253 e. The zero-order chi connectivity index (χ0) is 18.5. The number of likely N-dealkylation sites (tertiary alicyclic amines) is 1. The van der Waals surface area contributed by atoms with Crippen LogP contribution in [0, 0.1) is 5.92 Å². The molecule has 0 spiro atoms. The molecule has 142 valence electrons. The number of amides is 2. The van der Waals surface area contributed by atoms with Gasteiger partial charge in [-0.1, -0.05) is 26.0 Å². The number of benzene rings is 1. The van der Waals surface area contributed by atoms with Crippen LogP contribution in [-0.2, 0) is 4.79 Å². The lowest BCUT2D eigenvalue weighted by Gasteiger charge is -2.33. The normalized spacial score (nSPS) is 23.3. The van der Waals surface area contributed by atoms with Crippen LogP contribution >= 0.6 is 0 Å². The van der Waals surface area contributed by atoms with Crippen LogP contribution in [0.4, 0.5) is 0 Å². The third-order valence-electron chi connectivity index (χ3n) is 5.57. The Bertz CT molecular complexity index is 621. The molecule has 1 aromatic carbocycles. The summed E-state index contributed by atoms with van der Waals surface area (Å²) in [6, 6.07) is 7.95. The molecular weight excluding hydrogens is 326 g/mol. The van der Waals surface area contributed by atoms with E-state index in [4.69, 9.17) is 0 Å². The Morgan fingerprint density at radius 2 is 1.96 bits per heavy atom. The first-order valence-corrected chi connectivity index (χ1v) is 9.95. The van der Waals surface area contributed by atoms with Crippen molar-refractivity contribution < 1.29 is 9.59 Å². The second kappa shape index (κ2) is 8.67. The first-order chi connectivity index (χ1) is 12.5. The summed E-state index contributed by atoms with van der Waals surface area (Å²) in [4.78, 5) is 26.9. The molecule has 2 fully saturated rings. The summed E-state index contributed by atoms with van der Waals surface area (Å²) in [5.74, 6) is 1.02. The summed E-state index contributed by atoms with van der Waals surface area (Å²) in [6.07, 6.45) is 4.05. The van der Waals surface area contributed by atoms with Gasteiger partial charge in [0.1, 0.15) is 0 Å². The number of carbonyl (C=O) groups is 2. The van der Waals surface area contributed by atoms with E-state index in [2.05, 4.69) is 24.5 Å². The largest absolute Gasteiger partial charge is 0.354 e. The molecule has 5 nitrogen and oxygen atoms in total. The molecule has 0 radical (unpaired) electrons. The lowest BCUT2D eigenvalue weighted by atomic mass is 9.96. The number of carbonyl (C=O) groups excluding carboxylic acids is 2. The monoisotopic (exact) mass is 357 g/mol. The molecule has 0 bridgehead atoms. The maximum atomic E-state index is 12.8.